The molecule has 0 bridgehead atoms. The Morgan fingerprint density at radius 3 is 2.27 bits per heavy atom. The van der Waals surface area contributed by atoms with Gasteiger partial charge in [-0.2, -0.15) is 0 Å². The van der Waals surface area contributed by atoms with Gasteiger partial charge in [0.15, 0.2) is 0 Å². The van der Waals surface area contributed by atoms with Crippen LogP contribution in [0.5, 0.6) is 0 Å². The van der Waals surface area contributed by atoms with Gasteiger partial charge in [0.25, 0.3) is 5.91 Å². The lowest BCUT2D eigenvalue weighted by molar-refractivity contribution is -0.132. The Morgan fingerprint density at radius 2 is 1.57 bits per heavy atom. The number of carbonyl (C=O) groups excluding carboxylic acids is 3. The number of halogens is 1. The first-order chi connectivity index (χ1) is 17.8. The van der Waals surface area contributed by atoms with Crippen LogP contribution in [0.3, 0.4) is 0 Å². The van der Waals surface area contributed by atoms with Gasteiger partial charge in [0.1, 0.15) is 11.4 Å². The van der Waals surface area contributed by atoms with Crippen LogP contribution in [0.2, 0.25) is 0 Å². The van der Waals surface area contributed by atoms with E-state index in [0.29, 0.717) is 23.4 Å². The maximum atomic E-state index is 14.4. The quantitative estimate of drug-likeness (QED) is 0.531. The lowest BCUT2D eigenvalue weighted by atomic mass is 9.76. The first kappa shape index (κ1) is 23.6. The summed E-state index contributed by atoms with van der Waals surface area (Å²) in [5, 5.41) is 3.54. The van der Waals surface area contributed by atoms with Gasteiger partial charge in [0, 0.05) is 17.3 Å². The molecule has 7 heteroatoms. The molecule has 1 spiro atoms. The molecule has 0 unspecified atom stereocenters. The molecule has 3 aliphatic heterocycles. The van der Waals surface area contributed by atoms with Gasteiger partial charge in [-0.25, -0.2) is 9.29 Å². The third-order valence-corrected chi connectivity index (χ3v) is 7.86. The number of imide groups is 1. The lowest BCUT2D eigenvalue weighted by Gasteiger charge is -2.31. The zero-order chi connectivity index (χ0) is 25.9. The van der Waals surface area contributed by atoms with Gasteiger partial charge in [-0.3, -0.25) is 19.7 Å². The number of nitrogens with zero attached hydrogens (tertiary/aromatic N) is 2. The van der Waals surface area contributed by atoms with E-state index in [0.717, 1.165) is 5.56 Å². The zero-order valence-electron chi connectivity index (χ0n) is 20.7. The average Bonchev–Trinajstić information content (AvgIpc) is 3.44. The van der Waals surface area contributed by atoms with Crippen LogP contribution >= 0.6 is 0 Å². The second-order valence-electron chi connectivity index (χ2n) is 10.6. The normalized spacial score (nSPS) is 26.5. The van der Waals surface area contributed by atoms with Crippen molar-refractivity contribution in [2.75, 3.05) is 9.80 Å². The van der Waals surface area contributed by atoms with Crippen molar-refractivity contribution in [2.45, 2.75) is 38.4 Å². The van der Waals surface area contributed by atoms with E-state index in [1.165, 1.54) is 17.0 Å². The molecule has 1 N–H and O–H groups in total. The molecule has 0 saturated carbocycles. The minimum Gasteiger partial charge on any atom is -0.306 e. The van der Waals surface area contributed by atoms with Gasteiger partial charge in [-0.05, 0) is 48.2 Å². The van der Waals surface area contributed by atoms with Crippen molar-refractivity contribution in [1.29, 1.82) is 0 Å². The summed E-state index contributed by atoms with van der Waals surface area (Å²) in [6.07, 6.45) is 0.651. The number of nitrogens with one attached hydrogen (secondary N) is 1. The Morgan fingerprint density at radius 1 is 0.892 bits per heavy atom. The highest BCUT2D eigenvalue weighted by molar-refractivity contribution is 6.26. The fraction of sp³-hybridized carbons (Fsp3) is 0.300. The summed E-state index contributed by atoms with van der Waals surface area (Å²) in [7, 11) is 0. The monoisotopic (exact) mass is 497 g/mol. The van der Waals surface area contributed by atoms with Crippen molar-refractivity contribution in [3.05, 3.63) is 95.8 Å². The van der Waals surface area contributed by atoms with Gasteiger partial charge in [0.05, 0.1) is 24.1 Å². The number of anilines is 2. The van der Waals surface area contributed by atoms with E-state index in [9.17, 15) is 18.8 Å². The molecule has 3 aromatic rings. The number of rotatable bonds is 5. The van der Waals surface area contributed by atoms with Gasteiger partial charge in [-0.1, -0.05) is 62.4 Å². The molecule has 4 atom stereocenters. The number of para-hydroxylation sites is 2. The van der Waals surface area contributed by atoms with Crippen molar-refractivity contribution >= 4 is 29.1 Å². The minimum absolute atomic E-state index is 0.232. The van der Waals surface area contributed by atoms with Gasteiger partial charge in [-0.15, -0.1) is 0 Å². The highest BCUT2D eigenvalue weighted by Gasteiger charge is 2.71. The number of fused-ring (bicyclic) bond motifs is 4. The highest BCUT2D eigenvalue weighted by atomic mass is 19.1. The minimum atomic E-state index is -1.35. The van der Waals surface area contributed by atoms with Gasteiger partial charge in [0.2, 0.25) is 11.8 Å². The smallest absolute Gasteiger partial charge is 0.253 e. The molecular formula is C30H28FN3O3. The Labute approximate surface area is 215 Å². The fourth-order valence-corrected chi connectivity index (χ4v) is 6.42. The molecule has 0 aliphatic carbocycles. The van der Waals surface area contributed by atoms with Gasteiger partial charge >= 0.3 is 0 Å². The summed E-state index contributed by atoms with van der Waals surface area (Å²) >= 11 is 0. The van der Waals surface area contributed by atoms with Crippen LogP contribution in [0.15, 0.2) is 78.9 Å². The van der Waals surface area contributed by atoms with Crippen molar-refractivity contribution in [2.24, 2.45) is 17.8 Å². The van der Waals surface area contributed by atoms with Crippen molar-refractivity contribution in [1.82, 2.24) is 5.32 Å². The summed E-state index contributed by atoms with van der Waals surface area (Å²) < 4.78 is 13.5. The Kier molecular flexibility index (Phi) is 5.49. The van der Waals surface area contributed by atoms with Crippen LogP contribution in [-0.4, -0.2) is 23.8 Å². The molecule has 2 fully saturated rings. The number of carbonyl (C=O) groups is 3. The highest BCUT2D eigenvalue weighted by Crippen LogP contribution is 2.56. The predicted molar refractivity (Wildman–Crippen MR) is 138 cm³/mol. The molecule has 3 amide bonds. The molecule has 6 rings (SSSR count). The number of hydrogen-bond donors (Lipinski definition) is 1. The molecular weight excluding hydrogens is 469 g/mol. The molecule has 3 aliphatic rings. The summed E-state index contributed by atoms with van der Waals surface area (Å²) in [5.74, 6) is -2.49. The van der Waals surface area contributed by atoms with Crippen molar-refractivity contribution in [3.8, 4) is 0 Å². The third-order valence-electron chi connectivity index (χ3n) is 7.86. The maximum absolute atomic E-state index is 14.4. The summed E-state index contributed by atoms with van der Waals surface area (Å²) in [6.45, 7) is 4.38. The molecule has 2 saturated heterocycles. The van der Waals surface area contributed by atoms with E-state index in [1.807, 2.05) is 30.3 Å². The maximum Gasteiger partial charge on any atom is 0.253 e. The third kappa shape index (κ3) is 3.44. The van der Waals surface area contributed by atoms with Gasteiger partial charge < -0.3 is 4.90 Å². The molecule has 37 heavy (non-hydrogen) atoms. The summed E-state index contributed by atoms with van der Waals surface area (Å²) in [6, 6.07) is 22.1. The molecule has 3 aromatic carbocycles. The van der Waals surface area contributed by atoms with Crippen LogP contribution in [0.1, 0.15) is 31.4 Å². The van der Waals surface area contributed by atoms with Crippen LogP contribution in [-0.2, 0) is 26.5 Å². The van der Waals surface area contributed by atoms with E-state index in [1.54, 1.807) is 41.3 Å². The Hall–Kier alpha value is -3.84. The molecule has 188 valence electrons. The van der Waals surface area contributed by atoms with E-state index < -0.39 is 17.4 Å². The van der Waals surface area contributed by atoms with E-state index in [-0.39, 0.29) is 42.0 Å². The molecule has 0 aromatic heterocycles. The van der Waals surface area contributed by atoms with Crippen LogP contribution < -0.4 is 15.1 Å². The Balaban J connectivity index is 1.48. The standard InChI is InChI=1S/C30H28FN3O3/c1-18(2)16-23-25-26(28(36)34(27(25)35)21-8-4-3-5-9-21)30(32-23)22-10-6-7-11-24(22)33(29(30)37)17-19-12-14-20(31)15-13-19/h3-15,18,23,25-26,32H,16-17H2,1-2H3/t23-,25-,26+,30-/m0/s1. The largest absolute Gasteiger partial charge is 0.306 e. The van der Waals surface area contributed by atoms with E-state index >= 15 is 0 Å². The zero-order valence-corrected chi connectivity index (χ0v) is 20.7. The van der Waals surface area contributed by atoms with Crippen LogP contribution in [0, 0.1) is 23.6 Å². The van der Waals surface area contributed by atoms with Crippen LogP contribution in [0.25, 0.3) is 0 Å². The summed E-state index contributed by atoms with van der Waals surface area (Å²) in [4.78, 5) is 45.3. The average molecular weight is 498 g/mol. The second kappa shape index (κ2) is 8.63. The lowest BCUT2D eigenvalue weighted by Crippen LogP contribution is -2.55. The van der Waals surface area contributed by atoms with Crippen LogP contribution in [0.4, 0.5) is 15.8 Å². The predicted octanol–water partition coefficient (Wildman–Crippen LogP) is 4.39. The first-order valence-electron chi connectivity index (χ1n) is 12.7. The van der Waals surface area contributed by atoms with E-state index in [4.69, 9.17) is 0 Å². The topological polar surface area (TPSA) is 69.7 Å². The number of hydrogen-bond acceptors (Lipinski definition) is 4. The number of amides is 3. The SMILES string of the molecule is CC(C)C[C@@H]1N[C@]2(C(=O)N(Cc3ccc(F)cc3)c3ccccc32)[C@H]2C(=O)N(c3ccccc3)C(=O)[C@@H]12. The molecule has 6 nitrogen and oxygen atoms in total. The molecule has 3 heterocycles. The van der Waals surface area contributed by atoms with E-state index in [2.05, 4.69) is 19.2 Å². The van der Waals surface area contributed by atoms with Crippen molar-refractivity contribution < 1.29 is 18.8 Å². The molecule has 0 radical (unpaired) electrons. The Bertz CT molecular complexity index is 1390. The summed E-state index contributed by atoms with van der Waals surface area (Å²) in [5.41, 5.74) is 1.35. The second-order valence-corrected chi connectivity index (χ2v) is 10.6. The fourth-order valence-electron chi connectivity index (χ4n) is 6.42. The van der Waals surface area contributed by atoms with Crippen molar-refractivity contribution in [3.63, 3.8) is 0 Å². The number of benzene rings is 3. The first-order valence-corrected chi connectivity index (χ1v) is 12.7.